The molecule has 0 heterocycles. The van der Waals surface area contributed by atoms with E-state index in [-0.39, 0.29) is 5.75 Å². The van der Waals surface area contributed by atoms with E-state index in [1.54, 1.807) is 6.07 Å². The Kier molecular flexibility index (Phi) is 2.59. The molecule has 0 fully saturated rings. The van der Waals surface area contributed by atoms with Gasteiger partial charge in [-0.05, 0) is 42.9 Å². The Morgan fingerprint density at radius 3 is 2.73 bits per heavy atom. The first-order valence-corrected chi connectivity index (χ1v) is 4.77. The molecule has 1 aliphatic rings. The zero-order chi connectivity index (χ0) is 10.9. The molecule has 0 aliphatic heterocycles. The summed E-state index contributed by atoms with van der Waals surface area (Å²) in [6.45, 7) is 0. The van der Waals surface area contributed by atoms with Gasteiger partial charge >= 0.3 is 6.36 Å². The Bertz CT molecular complexity index is 357. The minimum atomic E-state index is -4.60. The second kappa shape index (κ2) is 3.76. The highest BCUT2D eigenvalue weighted by molar-refractivity contribution is 5.45. The lowest BCUT2D eigenvalue weighted by molar-refractivity contribution is -0.274. The zero-order valence-electron chi connectivity index (χ0n) is 7.97. The molecule has 15 heavy (non-hydrogen) atoms. The zero-order valence-corrected chi connectivity index (χ0v) is 7.97. The van der Waals surface area contributed by atoms with E-state index in [1.807, 2.05) is 12.5 Å². The lowest BCUT2D eigenvalue weighted by Gasteiger charge is -2.19. The number of ether oxygens (including phenoxy) is 1. The molecule has 1 aliphatic carbocycles. The molecule has 0 spiro atoms. The van der Waals surface area contributed by atoms with Crippen molar-refractivity contribution in [1.82, 2.24) is 0 Å². The Morgan fingerprint density at radius 2 is 2.00 bits per heavy atom. The molecule has 4 heteroatoms. The van der Waals surface area contributed by atoms with Crippen LogP contribution in [0.15, 0.2) is 18.2 Å². The van der Waals surface area contributed by atoms with Crippen molar-refractivity contribution >= 4 is 0 Å². The summed E-state index contributed by atoms with van der Waals surface area (Å²) in [5.41, 5.74) is 1.53. The second-order valence-corrected chi connectivity index (χ2v) is 3.47. The van der Waals surface area contributed by atoms with Crippen LogP contribution in [0, 0.1) is 6.42 Å². The smallest absolute Gasteiger partial charge is 0.405 e. The first-order valence-electron chi connectivity index (χ1n) is 4.77. The molecule has 1 radical (unpaired) electrons. The van der Waals surface area contributed by atoms with E-state index in [4.69, 9.17) is 0 Å². The predicted octanol–water partition coefficient (Wildman–Crippen LogP) is 3.47. The van der Waals surface area contributed by atoms with Crippen LogP contribution in [0.1, 0.15) is 24.0 Å². The van der Waals surface area contributed by atoms with Crippen LogP contribution >= 0.6 is 0 Å². The van der Waals surface area contributed by atoms with E-state index in [0.717, 1.165) is 18.4 Å². The Labute approximate surface area is 85.9 Å². The van der Waals surface area contributed by atoms with Crippen LogP contribution in [-0.4, -0.2) is 6.36 Å². The van der Waals surface area contributed by atoms with Gasteiger partial charge in [0.1, 0.15) is 5.75 Å². The molecule has 81 valence electrons. The number of benzene rings is 1. The monoisotopic (exact) mass is 215 g/mol. The molecule has 0 N–H and O–H groups in total. The minimum Gasteiger partial charge on any atom is -0.405 e. The van der Waals surface area contributed by atoms with Crippen molar-refractivity contribution in [2.45, 2.75) is 25.6 Å². The fourth-order valence-corrected chi connectivity index (χ4v) is 1.80. The van der Waals surface area contributed by atoms with Gasteiger partial charge in [0, 0.05) is 0 Å². The maximum absolute atomic E-state index is 12.1. The van der Waals surface area contributed by atoms with Crippen LogP contribution in [0.5, 0.6) is 5.75 Å². The van der Waals surface area contributed by atoms with Crippen molar-refractivity contribution in [3.8, 4) is 5.75 Å². The molecule has 0 unspecified atom stereocenters. The summed E-state index contributed by atoms with van der Waals surface area (Å²) in [6.07, 6.45) is -0.208. The van der Waals surface area contributed by atoms with E-state index >= 15 is 0 Å². The fraction of sp³-hybridized carbons (Fsp3) is 0.364. The van der Waals surface area contributed by atoms with Gasteiger partial charge in [-0.15, -0.1) is 13.2 Å². The molecular formula is C11H10F3O. The van der Waals surface area contributed by atoms with Gasteiger partial charge in [-0.3, -0.25) is 0 Å². The number of alkyl halides is 3. The van der Waals surface area contributed by atoms with E-state index in [0.29, 0.717) is 12.0 Å². The van der Waals surface area contributed by atoms with Gasteiger partial charge in [0.25, 0.3) is 0 Å². The topological polar surface area (TPSA) is 9.23 Å². The molecule has 0 saturated carbocycles. The molecule has 1 aromatic rings. The summed E-state index contributed by atoms with van der Waals surface area (Å²) in [5.74, 6) is -0.0593. The van der Waals surface area contributed by atoms with Gasteiger partial charge in [-0.25, -0.2) is 0 Å². The third-order valence-corrected chi connectivity index (χ3v) is 2.39. The summed E-state index contributed by atoms with van der Waals surface area (Å²) in [7, 11) is 0. The predicted molar refractivity (Wildman–Crippen MR) is 49.5 cm³/mol. The summed E-state index contributed by atoms with van der Waals surface area (Å²) in [5, 5.41) is 0. The van der Waals surface area contributed by atoms with Crippen LogP contribution < -0.4 is 4.74 Å². The lowest BCUT2D eigenvalue weighted by Crippen LogP contribution is -2.19. The summed E-state index contributed by atoms with van der Waals surface area (Å²) < 4.78 is 40.2. The van der Waals surface area contributed by atoms with E-state index < -0.39 is 6.36 Å². The van der Waals surface area contributed by atoms with E-state index in [2.05, 4.69) is 4.74 Å². The summed E-state index contributed by atoms with van der Waals surface area (Å²) in [6, 6.07) is 4.77. The average Bonchev–Trinajstić information content (AvgIpc) is 2.16. The van der Waals surface area contributed by atoms with Gasteiger partial charge in [0.2, 0.25) is 0 Å². The number of fused-ring (bicyclic) bond motifs is 1. The first kappa shape index (κ1) is 10.3. The van der Waals surface area contributed by atoms with Crippen LogP contribution in [0.3, 0.4) is 0 Å². The highest BCUT2D eigenvalue weighted by Gasteiger charge is 2.32. The van der Waals surface area contributed by atoms with Gasteiger partial charge < -0.3 is 4.74 Å². The average molecular weight is 215 g/mol. The quantitative estimate of drug-likeness (QED) is 0.696. The SMILES string of the molecule is FC(F)(F)Oc1cccc2c1CCC[CH]2. The van der Waals surface area contributed by atoms with Crippen molar-refractivity contribution < 1.29 is 17.9 Å². The molecule has 1 nitrogen and oxygen atoms in total. The molecule has 1 aromatic carbocycles. The largest absolute Gasteiger partial charge is 0.573 e. The molecule has 0 aromatic heterocycles. The minimum absolute atomic E-state index is 0.0593. The van der Waals surface area contributed by atoms with Gasteiger partial charge in [0.15, 0.2) is 0 Å². The Morgan fingerprint density at radius 1 is 1.20 bits per heavy atom. The maximum atomic E-state index is 12.1. The first-order chi connectivity index (χ1) is 7.06. The van der Waals surface area contributed by atoms with Crippen molar-refractivity contribution in [2.75, 3.05) is 0 Å². The molecule has 0 saturated heterocycles. The lowest BCUT2D eigenvalue weighted by atomic mass is 9.91. The van der Waals surface area contributed by atoms with Crippen molar-refractivity contribution in [3.63, 3.8) is 0 Å². The second-order valence-electron chi connectivity index (χ2n) is 3.47. The Hall–Kier alpha value is -1.19. The highest BCUT2D eigenvalue weighted by atomic mass is 19.4. The summed E-state index contributed by atoms with van der Waals surface area (Å²) in [4.78, 5) is 0. The maximum Gasteiger partial charge on any atom is 0.573 e. The third kappa shape index (κ3) is 2.43. The van der Waals surface area contributed by atoms with Crippen LogP contribution in [-0.2, 0) is 6.42 Å². The van der Waals surface area contributed by atoms with Crippen molar-refractivity contribution in [1.29, 1.82) is 0 Å². The van der Waals surface area contributed by atoms with E-state index in [1.165, 1.54) is 6.07 Å². The fourth-order valence-electron chi connectivity index (χ4n) is 1.80. The van der Waals surface area contributed by atoms with Gasteiger partial charge in [0.05, 0.1) is 0 Å². The highest BCUT2D eigenvalue weighted by Crippen LogP contribution is 2.33. The normalized spacial score (nSPS) is 15.9. The molecule has 0 atom stereocenters. The standard InChI is InChI=1S/C11H10F3O/c12-11(13,14)15-10-7-3-5-8-4-1-2-6-9(8)10/h3-5,7H,1-2,6H2. The van der Waals surface area contributed by atoms with Crippen LogP contribution in [0.25, 0.3) is 0 Å². The van der Waals surface area contributed by atoms with Gasteiger partial charge in [-0.1, -0.05) is 12.1 Å². The number of hydrogen-bond donors (Lipinski definition) is 0. The van der Waals surface area contributed by atoms with Crippen molar-refractivity contribution in [2.24, 2.45) is 0 Å². The van der Waals surface area contributed by atoms with Crippen LogP contribution in [0.4, 0.5) is 13.2 Å². The number of hydrogen-bond acceptors (Lipinski definition) is 1. The van der Waals surface area contributed by atoms with Gasteiger partial charge in [-0.2, -0.15) is 0 Å². The number of rotatable bonds is 1. The third-order valence-electron chi connectivity index (χ3n) is 2.39. The molecule has 2 rings (SSSR count). The molecule has 0 amide bonds. The summed E-state index contributed by atoms with van der Waals surface area (Å²) >= 11 is 0. The number of halogens is 3. The van der Waals surface area contributed by atoms with Crippen molar-refractivity contribution in [3.05, 3.63) is 35.7 Å². The molecule has 0 bridgehead atoms. The van der Waals surface area contributed by atoms with Crippen LogP contribution in [0.2, 0.25) is 0 Å². The van der Waals surface area contributed by atoms with E-state index in [9.17, 15) is 13.2 Å². The molecular weight excluding hydrogens is 205 g/mol. The Balaban J connectivity index is 2.31.